The predicted molar refractivity (Wildman–Crippen MR) is 68.3 cm³/mol. The number of aryl methyl sites for hydroxylation is 1. The normalized spacial score (nSPS) is 9.89. The summed E-state index contributed by atoms with van der Waals surface area (Å²) in [6.45, 7) is 1.92. The summed E-state index contributed by atoms with van der Waals surface area (Å²) in [4.78, 5) is 23.4. The van der Waals surface area contributed by atoms with Crippen LogP contribution in [0.15, 0.2) is 24.3 Å². The minimum Gasteiger partial charge on any atom is -0.410 e. The zero-order valence-electron chi connectivity index (χ0n) is 10.7. The maximum absolute atomic E-state index is 11.6. The van der Waals surface area contributed by atoms with E-state index in [2.05, 4.69) is 6.92 Å². The molecule has 0 radical (unpaired) electrons. The Morgan fingerprint density at radius 3 is 2.72 bits per heavy atom. The number of nitrogens with two attached hydrogens (primary N) is 1. The van der Waals surface area contributed by atoms with Crippen molar-refractivity contribution in [1.82, 2.24) is 4.90 Å². The van der Waals surface area contributed by atoms with Crippen LogP contribution in [-0.2, 0) is 11.2 Å². The molecular weight excluding hydrogens is 232 g/mol. The lowest BCUT2D eigenvalue weighted by molar-refractivity contribution is -0.118. The summed E-state index contributed by atoms with van der Waals surface area (Å²) in [5, 5.41) is 0. The molecule has 2 amide bonds. The second-order valence-electron chi connectivity index (χ2n) is 4.09. The molecule has 0 aliphatic carbocycles. The molecule has 5 heteroatoms. The van der Waals surface area contributed by atoms with Crippen LogP contribution in [0, 0.1) is 0 Å². The molecule has 2 N–H and O–H groups in total. The number of hydrogen-bond donors (Lipinski definition) is 1. The lowest BCUT2D eigenvalue weighted by Crippen LogP contribution is -2.37. The van der Waals surface area contributed by atoms with E-state index < -0.39 is 12.0 Å². The van der Waals surface area contributed by atoms with Gasteiger partial charge in [0.15, 0.2) is 0 Å². The molecule has 0 aliphatic heterocycles. The average molecular weight is 250 g/mol. The van der Waals surface area contributed by atoms with E-state index in [9.17, 15) is 9.59 Å². The Balaban J connectivity index is 2.63. The monoisotopic (exact) mass is 250 g/mol. The molecule has 0 saturated carbocycles. The largest absolute Gasteiger partial charge is 0.415 e. The van der Waals surface area contributed by atoms with E-state index in [1.165, 1.54) is 7.05 Å². The smallest absolute Gasteiger partial charge is 0.410 e. The summed E-state index contributed by atoms with van der Waals surface area (Å²) in [6.07, 6.45) is 1.36. The van der Waals surface area contributed by atoms with Crippen LogP contribution < -0.4 is 10.5 Å². The molecule has 0 aliphatic rings. The van der Waals surface area contributed by atoms with Gasteiger partial charge in [-0.2, -0.15) is 0 Å². The van der Waals surface area contributed by atoms with Gasteiger partial charge in [0.1, 0.15) is 12.3 Å². The van der Waals surface area contributed by atoms with Crippen LogP contribution in [0.3, 0.4) is 0 Å². The number of amides is 2. The summed E-state index contributed by atoms with van der Waals surface area (Å²) in [5.74, 6) is -0.101. The molecule has 0 saturated heterocycles. The quantitative estimate of drug-likeness (QED) is 0.861. The molecule has 1 rings (SSSR count). The van der Waals surface area contributed by atoms with Crippen molar-refractivity contribution in [3.63, 3.8) is 0 Å². The van der Waals surface area contributed by atoms with Crippen LogP contribution in [0.25, 0.3) is 0 Å². The highest BCUT2D eigenvalue weighted by Crippen LogP contribution is 2.15. The Kier molecular flexibility index (Phi) is 5.17. The van der Waals surface area contributed by atoms with Crippen LogP contribution in [0.5, 0.6) is 5.75 Å². The van der Waals surface area contributed by atoms with Gasteiger partial charge in [-0.3, -0.25) is 4.79 Å². The van der Waals surface area contributed by atoms with E-state index in [0.29, 0.717) is 5.75 Å². The average Bonchev–Trinajstić information content (AvgIpc) is 2.29. The van der Waals surface area contributed by atoms with Crippen molar-refractivity contribution in [2.45, 2.75) is 19.8 Å². The zero-order valence-corrected chi connectivity index (χ0v) is 10.7. The predicted octanol–water partition coefficient (Wildman–Crippen LogP) is 1.55. The fraction of sp³-hybridized carbons (Fsp3) is 0.385. The zero-order chi connectivity index (χ0) is 13.5. The minimum atomic E-state index is -0.595. The van der Waals surface area contributed by atoms with Gasteiger partial charge in [0.05, 0.1) is 0 Å². The van der Waals surface area contributed by atoms with E-state index >= 15 is 0 Å². The van der Waals surface area contributed by atoms with E-state index in [0.717, 1.165) is 23.3 Å². The number of carbonyl (C=O) groups excluding carboxylic acids is 2. The number of primary amides is 1. The van der Waals surface area contributed by atoms with Crippen molar-refractivity contribution >= 4 is 12.0 Å². The Labute approximate surface area is 107 Å². The third-order valence-electron chi connectivity index (χ3n) is 2.35. The Bertz CT molecular complexity index is 432. The van der Waals surface area contributed by atoms with Crippen molar-refractivity contribution < 1.29 is 14.3 Å². The molecule has 0 atom stereocenters. The molecular formula is C13H18N2O3. The van der Waals surface area contributed by atoms with E-state index in [-0.39, 0.29) is 6.54 Å². The second-order valence-corrected chi connectivity index (χ2v) is 4.09. The third-order valence-corrected chi connectivity index (χ3v) is 2.35. The number of benzene rings is 1. The first-order valence-electron chi connectivity index (χ1n) is 5.83. The molecule has 0 spiro atoms. The molecule has 18 heavy (non-hydrogen) atoms. The van der Waals surface area contributed by atoms with Gasteiger partial charge in [0.25, 0.3) is 0 Å². The molecule has 5 nitrogen and oxygen atoms in total. The van der Waals surface area contributed by atoms with Crippen LogP contribution in [0.4, 0.5) is 4.79 Å². The standard InChI is InChI=1S/C13H18N2O3/c1-3-5-10-6-4-7-11(8-10)18-13(17)15(2)9-12(14)16/h4,6-8H,3,5,9H2,1-2H3,(H2,14,16). The first kappa shape index (κ1) is 14.0. The second kappa shape index (κ2) is 6.64. The first-order valence-corrected chi connectivity index (χ1v) is 5.83. The van der Waals surface area contributed by atoms with Gasteiger partial charge in [-0.05, 0) is 24.1 Å². The highest BCUT2D eigenvalue weighted by Gasteiger charge is 2.13. The van der Waals surface area contributed by atoms with Gasteiger partial charge >= 0.3 is 6.09 Å². The lowest BCUT2D eigenvalue weighted by atomic mass is 10.1. The highest BCUT2D eigenvalue weighted by atomic mass is 16.6. The number of ether oxygens (including phenoxy) is 1. The van der Waals surface area contributed by atoms with Gasteiger partial charge in [-0.1, -0.05) is 25.5 Å². The van der Waals surface area contributed by atoms with Gasteiger partial charge in [-0.25, -0.2) is 4.79 Å². The number of likely N-dealkylation sites (N-methyl/N-ethyl adjacent to an activating group) is 1. The summed E-state index contributed by atoms with van der Waals surface area (Å²) in [7, 11) is 1.46. The van der Waals surface area contributed by atoms with E-state index in [1.54, 1.807) is 6.07 Å². The van der Waals surface area contributed by atoms with E-state index in [4.69, 9.17) is 10.5 Å². The van der Waals surface area contributed by atoms with Crippen molar-refractivity contribution in [2.24, 2.45) is 5.73 Å². The molecule has 1 aromatic rings. The highest BCUT2D eigenvalue weighted by molar-refractivity contribution is 5.81. The number of carbonyl (C=O) groups is 2. The maximum Gasteiger partial charge on any atom is 0.415 e. The Hall–Kier alpha value is -2.04. The van der Waals surface area contributed by atoms with Crippen LogP contribution >= 0.6 is 0 Å². The van der Waals surface area contributed by atoms with Crippen molar-refractivity contribution in [1.29, 1.82) is 0 Å². The molecule has 0 unspecified atom stereocenters. The van der Waals surface area contributed by atoms with Gasteiger partial charge in [-0.15, -0.1) is 0 Å². The molecule has 0 heterocycles. The molecule has 0 aromatic heterocycles. The molecule has 1 aromatic carbocycles. The van der Waals surface area contributed by atoms with Crippen LogP contribution in [0.2, 0.25) is 0 Å². The Morgan fingerprint density at radius 2 is 2.11 bits per heavy atom. The molecule has 0 bridgehead atoms. The SMILES string of the molecule is CCCc1cccc(OC(=O)N(C)CC(N)=O)c1. The Morgan fingerprint density at radius 1 is 1.39 bits per heavy atom. The summed E-state index contributed by atoms with van der Waals surface area (Å²) in [5.41, 5.74) is 6.11. The fourth-order valence-corrected chi connectivity index (χ4v) is 1.53. The van der Waals surface area contributed by atoms with Crippen molar-refractivity contribution in [3.05, 3.63) is 29.8 Å². The summed E-state index contributed by atoms with van der Waals surface area (Å²) < 4.78 is 5.14. The fourth-order valence-electron chi connectivity index (χ4n) is 1.53. The van der Waals surface area contributed by atoms with Gasteiger partial charge in [0.2, 0.25) is 5.91 Å². The van der Waals surface area contributed by atoms with Gasteiger partial charge < -0.3 is 15.4 Å². The van der Waals surface area contributed by atoms with Crippen molar-refractivity contribution in [2.75, 3.05) is 13.6 Å². The third kappa shape index (κ3) is 4.45. The van der Waals surface area contributed by atoms with Crippen LogP contribution in [0.1, 0.15) is 18.9 Å². The number of hydrogen-bond acceptors (Lipinski definition) is 3. The topological polar surface area (TPSA) is 72.6 Å². The summed E-state index contributed by atoms with van der Waals surface area (Å²) in [6, 6.07) is 7.34. The number of nitrogens with zero attached hydrogens (tertiary/aromatic N) is 1. The van der Waals surface area contributed by atoms with E-state index in [1.807, 2.05) is 18.2 Å². The minimum absolute atomic E-state index is 0.159. The summed E-state index contributed by atoms with van der Waals surface area (Å²) >= 11 is 0. The first-order chi connectivity index (χ1) is 8.52. The maximum atomic E-state index is 11.6. The van der Waals surface area contributed by atoms with Crippen LogP contribution in [-0.4, -0.2) is 30.5 Å². The lowest BCUT2D eigenvalue weighted by Gasteiger charge is -2.15. The molecule has 98 valence electrons. The van der Waals surface area contributed by atoms with Crippen molar-refractivity contribution in [3.8, 4) is 5.75 Å². The van der Waals surface area contributed by atoms with Gasteiger partial charge in [0, 0.05) is 7.05 Å². The number of rotatable bonds is 5. The molecule has 0 fully saturated rings.